The van der Waals surface area contributed by atoms with E-state index in [2.05, 4.69) is 11.7 Å². The normalized spacial score (nSPS) is 20.6. The summed E-state index contributed by atoms with van der Waals surface area (Å²) in [6, 6.07) is 0. The first-order chi connectivity index (χ1) is 3.00. The van der Waals surface area contributed by atoms with Crippen LogP contribution in [0, 0.1) is 6.42 Å². The summed E-state index contributed by atoms with van der Waals surface area (Å²) in [6.07, 6.45) is 4.86. The maximum Gasteiger partial charge on any atom is 0 e. The Morgan fingerprint density at radius 1 is 1.14 bits per heavy atom. The fourth-order valence-electron chi connectivity index (χ4n) is 0.678. The predicted octanol–water partition coefficient (Wildman–Crippen LogP) is 0.572. The van der Waals surface area contributed by atoms with E-state index >= 15 is 0 Å². The molecule has 1 rings (SSSR count). The zero-order chi connectivity index (χ0) is 4.24. The van der Waals surface area contributed by atoms with Crippen LogP contribution in [0.4, 0.5) is 0 Å². The molecule has 0 aliphatic carbocycles. The summed E-state index contributed by atoms with van der Waals surface area (Å²) >= 11 is 0. The maximum absolute atomic E-state index is 3.25. The van der Waals surface area contributed by atoms with Gasteiger partial charge in [0.05, 0.1) is 0 Å². The summed E-state index contributed by atoms with van der Waals surface area (Å²) < 4.78 is 0. The van der Waals surface area contributed by atoms with Crippen molar-refractivity contribution in [2.24, 2.45) is 0 Å². The van der Waals surface area contributed by atoms with Crippen molar-refractivity contribution in [3.05, 3.63) is 6.42 Å². The minimum Gasteiger partial charge on any atom is -0.326 e. The Hall–Kier alpha value is 0.583. The third-order valence-electron chi connectivity index (χ3n) is 1.05. The molecule has 1 nitrogen and oxygen atoms in total. The second-order valence-corrected chi connectivity index (χ2v) is 1.62. The Morgan fingerprint density at radius 3 is 1.86 bits per heavy atom. The molecule has 2 heteroatoms. The van der Waals surface area contributed by atoms with Crippen LogP contribution in [-0.4, -0.2) is 13.1 Å². The molecule has 0 atom stereocenters. The van der Waals surface area contributed by atoms with E-state index in [1.165, 1.54) is 25.9 Å². The van der Waals surface area contributed by atoms with Crippen molar-refractivity contribution in [2.75, 3.05) is 13.1 Å². The molecule has 0 amide bonds. The Kier molecular flexibility index (Phi) is 5.13. The van der Waals surface area contributed by atoms with Crippen LogP contribution in [0.3, 0.4) is 0 Å². The van der Waals surface area contributed by atoms with Gasteiger partial charge in [0.15, 0.2) is 0 Å². The van der Waals surface area contributed by atoms with E-state index in [-0.39, 0.29) is 19.5 Å². The number of hydrogen-bond donors (Lipinski definition) is 1. The first kappa shape index (κ1) is 7.58. The molecule has 1 aliphatic rings. The second-order valence-electron chi connectivity index (χ2n) is 1.62. The van der Waals surface area contributed by atoms with E-state index in [0.717, 1.165) is 0 Å². The van der Waals surface area contributed by atoms with Gasteiger partial charge in [-0.3, -0.25) is 0 Å². The zero-order valence-electron chi connectivity index (χ0n) is 4.61. The molecule has 1 aliphatic heterocycles. The molecule has 1 N–H and O–H groups in total. The van der Waals surface area contributed by atoms with E-state index in [1.807, 2.05) is 0 Å². The van der Waals surface area contributed by atoms with Gasteiger partial charge in [-0.15, -0.1) is 0 Å². The third kappa shape index (κ3) is 3.19. The van der Waals surface area contributed by atoms with E-state index in [0.29, 0.717) is 0 Å². The topological polar surface area (TPSA) is 12.0 Å². The van der Waals surface area contributed by atoms with Crippen LogP contribution >= 0.6 is 0 Å². The number of rotatable bonds is 0. The summed E-state index contributed by atoms with van der Waals surface area (Å²) in [5.74, 6) is 0. The van der Waals surface area contributed by atoms with Gasteiger partial charge < -0.3 is 11.7 Å². The Balaban J connectivity index is 0.000000360. The molecular formula is C5H10NZn-. The van der Waals surface area contributed by atoms with E-state index in [9.17, 15) is 0 Å². The molecule has 0 unspecified atom stereocenters. The van der Waals surface area contributed by atoms with Crippen molar-refractivity contribution in [2.45, 2.75) is 12.8 Å². The molecule has 0 radical (unpaired) electrons. The molecule has 0 saturated carbocycles. The summed E-state index contributed by atoms with van der Waals surface area (Å²) in [5.41, 5.74) is 0. The SMILES string of the molecule is [CH-]1CCNCC1.[Zn]. The van der Waals surface area contributed by atoms with Crippen molar-refractivity contribution < 1.29 is 19.5 Å². The number of piperidine rings is 1. The molecule has 0 bridgehead atoms. The van der Waals surface area contributed by atoms with Crippen molar-refractivity contribution in [1.29, 1.82) is 0 Å². The molecule has 0 aromatic carbocycles. The van der Waals surface area contributed by atoms with Crippen LogP contribution in [0.1, 0.15) is 12.8 Å². The fraction of sp³-hybridized carbons (Fsp3) is 0.800. The summed E-state index contributed by atoms with van der Waals surface area (Å²) in [6.45, 7) is 2.39. The first-order valence-corrected chi connectivity index (χ1v) is 2.52. The van der Waals surface area contributed by atoms with Crippen LogP contribution in [0.15, 0.2) is 0 Å². The van der Waals surface area contributed by atoms with Crippen molar-refractivity contribution in [1.82, 2.24) is 5.32 Å². The van der Waals surface area contributed by atoms with Gasteiger partial charge in [-0.05, 0) is 13.1 Å². The quantitative estimate of drug-likeness (QED) is 0.392. The van der Waals surface area contributed by atoms with Crippen LogP contribution in [0.2, 0.25) is 0 Å². The molecule has 0 spiro atoms. The molecule has 38 valence electrons. The van der Waals surface area contributed by atoms with Gasteiger partial charge in [-0.25, -0.2) is 0 Å². The Bertz CT molecular complexity index is 23.6. The molecular weight excluding hydrogens is 139 g/mol. The second kappa shape index (κ2) is 4.74. The van der Waals surface area contributed by atoms with Crippen molar-refractivity contribution in [3.63, 3.8) is 0 Å². The molecule has 1 saturated heterocycles. The van der Waals surface area contributed by atoms with Gasteiger partial charge in [0.25, 0.3) is 0 Å². The maximum atomic E-state index is 3.25. The molecule has 0 aromatic heterocycles. The smallest absolute Gasteiger partial charge is 0 e. The summed E-state index contributed by atoms with van der Waals surface area (Å²) in [7, 11) is 0. The monoisotopic (exact) mass is 148 g/mol. The van der Waals surface area contributed by atoms with Crippen LogP contribution < -0.4 is 5.32 Å². The van der Waals surface area contributed by atoms with Gasteiger partial charge in [-0.1, -0.05) is 0 Å². The van der Waals surface area contributed by atoms with Crippen molar-refractivity contribution >= 4 is 0 Å². The fourth-order valence-corrected chi connectivity index (χ4v) is 0.678. The van der Waals surface area contributed by atoms with Crippen LogP contribution in [-0.2, 0) is 19.5 Å². The zero-order valence-corrected chi connectivity index (χ0v) is 7.58. The van der Waals surface area contributed by atoms with Crippen molar-refractivity contribution in [3.8, 4) is 0 Å². The van der Waals surface area contributed by atoms with Gasteiger partial charge >= 0.3 is 0 Å². The Morgan fingerprint density at radius 2 is 1.71 bits per heavy atom. The van der Waals surface area contributed by atoms with Gasteiger partial charge in [0.1, 0.15) is 0 Å². The average molecular weight is 150 g/mol. The number of hydrogen-bond acceptors (Lipinski definition) is 1. The van der Waals surface area contributed by atoms with E-state index in [1.54, 1.807) is 0 Å². The molecule has 0 aromatic rings. The van der Waals surface area contributed by atoms with E-state index < -0.39 is 0 Å². The molecule has 7 heavy (non-hydrogen) atoms. The minimum absolute atomic E-state index is 0. The largest absolute Gasteiger partial charge is 0.326 e. The predicted molar refractivity (Wildman–Crippen MR) is 26.4 cm³/mol. The van der Waals surface area contributed by atoms with E-state index in [4.69, 9.17) is 0 Å². The summed E-state index contributed by atoms with van der Waals surface area (Å²) in [5, 5.41) is 3.25. The van der Waals surface area contributed by atoms with Gasteiger partial charge in [0, 0.05) is 19.5 Å². The van der Waals surface area contributed by atoms with Gasteiger partial charge in [-0.2, -0.15) is 12.8 Å². The Labute approximate surface area is 57.6 Å². The summed E-state index contributed by atoms with van der Waals surface area (Å²) in [4.78, 5) is 0. The minimum atomic E-state index is 0. The first-order valence-electron chi connectivity index (χ1n) is 2.52. The molecule has 1 fully saturated rings. The third-order valence-corrected chi connectivity index (χ3v) is 1.05. The van der Waals surface area contributed by atoms with Crippen LogP contribution in [0.5, 0.6) is 0 Å². The van der Waals surface area contributed by atoms with Gasteiger partial charge in [0.2, 0.25) is 0 Å². The molecule has 1 heterocycles. The standard InChI is InChI=1S/C5H10N.Zn/c1-2-4-6-5-3-1;/h1,6H,2-5H2;/q-1;. The number of nitrogens with one attached hydrogen (secondary N) is 1. The average Bonchev–Trinajstić information content (AvgIpc) is 1.72. The van der Waals surface area contributed by atoms with Crippen LogP contribution in [0.25, 0.3) is 0 Å².